The summed E-state index contributed by atoms with van der Waals surface area (Å²) in [5.74, 6) is 1.70. The summed E-state index contributed by atoms with van der Waals surface area (Å²) in [5.41, 5.74) is 1.14. The largest absolute Gasteiger partial charge is 0.497 e. The molecule has 1 saturated heterocycles. The minimum absolute atomic E-state index is 0.191. The Kier molecular flexibility index (Phi) is 3.11. The molecule has 1 heterocycles. The summed E-state index contributed by atoms with van der Waals surface area (Å²) in [7, 11) is 1.66. The van der Waals surface area contributed by atoms with Gasteiger partial charge < -0.3 is 14.2 Å². The van der Waals surface area contributed by atoms with Crippen molar-refractivity contribution in [1.29, 1.82) is 0 Å². The van der Waals surface area contributed by atoms with Gasteiger partial charge >= 0.3 is 0 Å². The number of hydrogen-bond acceptors (Lipinski definition) is 3. The molecule has 0 N–H and O–H groups in total. The lowest BCUT2D eigenvalue weighted by atomic mass is 10.2. The standard InChI is InChI=1S/C12H16O3/c1-9-5-11(13-2)7-12(6-9)15-10-3-4-14-8-10/h5-7,10H,3-4,8H2,1-2H3/t10-/m0/s1. The molecule has 0 bridgehead atoms. The molecule has 1 aliphatic heterocycles. The van der Waals surface area contributed by atoms with Gasteiger partial charge in [-0.3, -0.25) is 0 Å². The van der Waals surface area contributed by atoms with Crippen molar-refractivity contribution in [1.82, 2.24) is 0 Å². The lowest BCUT2D eigenvalue weighted by Gasteiger charge is -2.13. The van der Waals surface area contributed by atoms with E-state index in [4.69, 9.17) is 14.2 Å². The SMILES string of the molecule is COc1cc(C)cc(O[C@H]2CCOC2)c1. The van der Waals surface area contributed by atoms with Crippen LogP contribution in [-0.2, 0) is 4.74 Å². The molecular formula is C12H16O3. The first-order chi connectivity index (χ1) is 7.28. The summed E-state index contributed by atoms with van der Waals surface area (Å²) in [4.78, 5) is 0. The van der Waals surface area contributed by atoms with Crippen LogP contribution in [0.25, 0.3) is 0 Å². The van der Waals surface area contributed by atoms with Crippen molar-refractivity contribution < 1.29 is 14.2 Å². The van der Waals surface area contributed by atoms with Crippen LogP contribution in [0.1, 0.15) is 12.0 Å². The Bertz CT molecular complexity index is 330. The van der Waals surface area contributed by atoms with Crippen LogP contribution in [0.5, 0.6) is 11.5 Å². The monoisotopic (exact) mass is 208 g/mol. The Balaban J connectivity index is 2.09. The molecule has 0 saturated carbocycles. The number of rotatable bonds is 3. The molecule has 2 rings (SSSR count). The fourth-order valence-electron chi connectivity index (χ4n) is 1.70. The van der Waals surface area contributed by atoms with E-state index >= 15 is 0 Å². The highest BCUT2D eigenvalue weighted by atomic mass is 16.5. The molecule has 15 heavy (non-hydrogen) atoms. The fraction of sp³-hybridized carbons (Fsp3) is 0.500. The summed E-state index contributed by atoms with van der Waals surface area (Å²) in [6.45, 7) is 3.52. The van der Waals surface area contributed by atoms with Crippen molar-refractivity contribution in [3.05, 3.63) is 23.8 Å². The zero-order valence-corrected chi connectivity index (χ0v) is 9.16. The summed E-state index contributed by atoms with van der Waals surface area (Å²) in [6.07, 6.45) is 1.16. The number of ether oxygens (including phenoxy) is 3. The van der Waals surface area contributed by atoms with Gasteiger partial charge in [0.1, 0.15) is 17.6 Å². The Morgan fingerprint density at radius 2 is 2.07 bits per heavy atom. The molecule has 0 radical (unpaired) electrons. The van der Waals surface area contributed by atoms with Crippen LogP contribution >= 0.6 is 0 Å². The van der Waals surface area contributed by atoms with Crippen LogP contribution in [0.2, 0.25) is 0 Å². The average Bonchev–Trinajstić information content (AvgIpc) is 2.69. The quantitative estimate of drug-likeness (QED) is 0.762. The third-order valence-corrected chi connectivity index (χ3v) is 2.45. The lowest BCUT2D eigenvalue weighted by molar-refractivity contribution is 0.141. The van der Waals surface area contributed by atoms with Gasteiger partial charge in [0.2, 0.25) is 0 Å². The van der Waals surface area contributed by atoms with Crippen molar-refractivity contribution in [3.63, 3.8) is 0 Å². The van der Waals surface area contributed by atoms with Crippen molar-refractivity contribution in [2.24, 2.45) is 0 Å². The molecule has 0 aromatic heterocycles. The molecule has 1 aliphatic rings. The summed E-state index contributed by atoms with van der Waals surface area (Å²) >= 11 is 0. The van der Waals surface area contributed by atoms with Gasteiger partial charge in [-0.05, 0) is 24.6 Å². The van der Waals surface area contributed by atoms with E-state index in [0.29, 0.717) is 6.61 Å². The first-order valence-electron chi connectivity index (χ1n) is 5.18. The predicted molar refractivity (Wildman–Crippen MR) is 57.6 cm³/mol. The highest BCUT2D eigenvalue weighted by molar-refractivity contribution is 5.37. The predicted octanol–water partition coefficient (Wildman–Crippen LogP) is 2.17. The van der Waals surface area contributed by atoms with Gasteiger partial charge in [0.25, 0.3) is 0 Å². The summed E-state index contributed by atoms with van der Waals surface area (Å²) < 4.78 is 16.2. The molecule has 82 valence electrons. The normalized spacial score (nSPS) is 20.3. The molecule has 0 unspecified atom stereocenters. The van der Waals surface area contributed by atoms with E-state index in [0.717, 1.165) is 30.1 Å². The van der Waals surface area contributed by atoms with E-state index in [1.807, 2.05) is 25.1 Å². The second-order valence-electron chi connectivity index (χ2n) is 3.79. The van der Waals surface area contributed by atoms with Gasteiger partial charge in [0, 0.05) is 12.5 Å². The van der Waals surface area contributed by atoms with Crippen molar-refractivity contribution >= 4 is 0 Å². The number of hydrogen-bond donors (Lipinski definition) is 0. The van der Waals surface area contributed by atoms with E-state index in [9.17, 15) is 0 Å². The third-order valence-electron chi connectivity index (χ3n) is 2.45. The van der Waals surface area contributed by atoms with E-state index in [2.05, 4.69) is 0 Å². The van der Waals surface area contributed by atoms with Gasteiger partial charge in [-0.25, -0.2) is 0 Å². The maximum absolute atomic E-state index is 5.79. The number of aryl methyl sites for hydroxylation is 1. The maximum Gasteiger partial charge on any atom is 0.124 e. The highest BCUT2D eigenvalue weighted by Gasteiger charge is 2.17. The van der Waals surface area contributed by atoms with Crippen LogP contribution in [-0.4, -0.2) is 26.4 Å². The maximum atomic E-state index is 5.79. The van der Waals surface area contributed by atoms with Gasteiger partial charge in [-0.15, -0.1) is 0 Å². The molecule has 1 aromatic carbocycles. The average molecular weight is 208 g/mol. The lowest BCUT2D eigenvalue weighted by Crippen LogP contribution is -2.15. The van der Waals surface area contributed by atoms with Gasteiger partial charge in [-0.2, -0.15) is 0 Å². The van der Waals surface area contributed by atoms with E-state index in [1.165, 1.54) is 0 Å². The minimum Gasteiger partial charge on any atom is -0.497 e. The molecule has 1 atom stereocenters. The number of methoxy groups -OCH3 is 1. The minimum atomic E-state index is 0.191. The van der Waals surface area contributed by atoms with E-state index < -0.39 is 0 Å². The van der Waals surface area contributed by atoms with Crippen molar-refractivity contribution in [3.8, 4) is 11.5 Å². The van der Waals surface area contributed by atoms with Crippen LogP contribution < -0.4 is 9.47 Å². The van der Waals surface area contributed by atoms with Crippen molar-refractivity contribution in [2.45, 2.75) is 19.4 Å². The number of benzene rings is 1. The molecule has 1 fully saturated rings. The molecule has 0 amide bonds. The highest BCUT2D eigenvalue weighted by Crippen LogP contribution is 2.24. The zero-order valence-electron chi connectivity index (χ0n) is 9.16. The van der Waals surface area contributed by atoms with Crippen molar-refractivity contribution in [2.75, 3.05) is 20.3 Å². The van der Waals surface area contributed by atoms with Crippen LogP contribution in [0.4, 0.5) is 0 Å². The Hall–Kier alpha value is -1.22. The van der Waals surface area contributed by atoms with Gasteiger partial charge in [0.15, 0.2) is 0 Å². The van der Waals surface area contributed by atoms with Crippen LogP contribution in [0, 0.1) is 6.92 Å². The summed E-state index contributed by atoms with van der Waals surface area (Å²) in [5, 5.41) is 0. The first-order valence-corrected chi connectivity index (χ1v) is 5.18. The smallest absolute Gasteiger partial charge is 0.124 e. The first kappa shape index (κ1) is 10.3. The second kappa shape index (κ2) is 4.53. The molecule has 3 nitrogen and oxygen atoms in total. The molecule has 0 aliphatic carbocycles. The van der Waals surface area contributed by atoms with Crippen LogP contribution in [0.15, 0.2) is 18.2 Å². The van der Waals surface area contributed by atoms with E-state index in [1.54, 1.807) is 7.11 Å². The Labute approximate surface area is 90.0 Å². The zero-order chi connectivity index (χ0) is 10.7. The third kappa shape index (κ3) is 2.63. The summed E-state index contributed by atoms with van der Waals surface area (Å²) in [6, 6.07) is 5.91. The Morgan fingerprint density at radius 3 is 2.73 bits per heavy atom. The molecular weight excluding hydrogens is 192 g/mol. The Morgan fingerprint density at radius 1 is 1.27 bits per heavy atom. The van der Waals surface area contributed by atoms with Gasteiger partial charge in [0.05, 0.1) is 20.3 Å². The molecule has 1 aromatic rings. The van der Waals surface area contributed by atoms with Crippen LogP contribution in [0.3, 0.4) is 0 Å². The molecule has 3 heteroatoms. The fourth-order valence-corrected chi connectivity index (χ4v) is 1.70. The second-order valence-corrected chi connectivity index (χ2v) is 3.79. The van der Waals surface area contributed by atoms with Gasteiger partial charge in [-0.1, -0.05) is 0 Å². The topological polar surface area (TPSA) is 27.7 Å². The van der Waals surface area contributed by atoms with E-state index in [-0.39, 0.29) is 6.10 Å². The molecule has 0 spiro atoms.